The van der Waals surface area contributed by atoms with Gasteiger partial charge < -0.3 is 30.8 Å². The van der Waals surface area contributed by atoms with Crippen molar-refractivity contribution in [2.45, 2.75) is 65.8 Å². The number of allylic oxidation sites excluding steroid dienone is 1. The first-order valence-corrected chi connectivity index (χ1v) is 16.9. The van der Waals surface area contributed by atoms with Gasteiger partial charge in [0.1, 0.15) is 0 Å². The number of carbonyl (C=O) groups is 4. The van der Waals surface area contributed by atoms with E-state index in [9.17, 15) is 29.4 Å². The number of aromatic amines is 2. The van der Waals surface area contributed by atoms with Gasteiger partial charge in [0.05, 0.1) is 6.42 Å². The van der Waals surface area contributed by atoms with E-state index in [2.05, 4.69) is 40.2 Å². The summed E-state index contributed by atoms with van der Waals surface area (Å²) in [6, 6.07) is -0.0926. The highest BCUT2D eigenvalue weighted by atomic mass is 32.2. The lowest BCUT2D eigenvalue weighted by atomic mass is 9.91. The Labute approximate surface area is 271 Å². The van der Waals surface area contributed by atoms with Crippen LogP contribution in [0.25, 0.3) is 18.2 Å². The van der Waals surface area contributed by atoms with Gasteiger partial charge in [-0.05, 0) is 66.5 Å². The van der Waals surface area contributed by atoms with E-state index in [1.807, 2.05) is 32.9 Å². The molecule has 12 heteroatoms. The van der Waals surface area contributed by atoms with Gasteiger partial charge in [0, 0.05) is 81.0 Å². The van der Waals surface area contributed by atoms with Gasteiger partial charge in [-0.25, -0.2) is 0 Å². The summed E-state index contributed by atoms with van der Waals surface area (Å²) >= 11 is 6.09. The average molecular weight is 653 g/mol. The Morgan fingerprint density at radius 2 is 1.76 bits per heavy atom. The van der Waals surface area contributed by atoms with Crippen LogP contribution in [0.1, 0.15) is 66.9 Å². The van der Waals surface area contributed by atoms with Gasteiger partial charge in [0.25, 0.3) is 0 Å². The number of rotatable bonds is 11. The van der Waals surface area contributed by atoms with Crippen LogP contribution < -0.4 is 21.2 Å². The highest BCUT2D eigenvalue weighted by Gasteiger charge is 2.39. The van der Waals surface area contributed by atoms with Crippen LogP contribution in [0.4, 0.5) is 0 Å². The van der Waals surface area contributed by atoms with E-state index >= 15 is 0 Å². The van der Waals surface area contributed by atoms with Crippen molar-refractivity contribution in [3.8, 4) is 0 Å². The van der Waals surface area contributed by atoms with Crippen LogP contribution in [0.2, 0.25) is 0 Å². The number of aromatic nitrogens is 2. The Morgan fingerprint density at radius 3 is 2.40 bits per heavy atom. The molecule has 0 radical (unpaired) electrons. The normalized spacial score (nSPS) is 26.2. The molecule has 2 amide bonds. The third-order valence-corrected chi connectivity index (χ3v) is 10.4. The Balaban J connectivity index is 1.59. The average Bonchev–Trinajstić information content (AvgIpc) is 3.56. The molecule has 6 N–H and O–H groups in total. The molecule has 5 heterocycles. The van der Waals surface area contributed by atoms with Crippen LogP contribution in [-0.4, -0.2) is 61.5 Å². The zero-order valence-corrected chi connectivity index (χ0v) is 27.6. The van der Waals surface area contributed by atoms with Gasteiger partial charge in [-0.15, -0.1) is 11.8 Å². The third-order valence-electron chi connectivity index (χ3n) is 9.30. The van der Waals surface area contributed by atoms with Crippen LogP contribution in [0.5, 0.6) is 0 Å². The molecular weight excluding hydrogens is 613 g/mol. The Morgan fingerprint density at radius 1 is 1.02 bits per heavy atom. The van der Waals surface area contributed by atoms with Crippen LogP contribution in [0.3, 0.4) is 0 Å². The maximum Gasteiger partial charge on any atom is 0.307 e. The molecule has 0 aliphatic carbocycles. The van der Waals surface area contributed by atoms with Gasteiger partial charge in [0.15, 0.2) is 0 Å². The number of aliphatic carboxylic acids is 2. The summed E-state index contributed by atoms with van der Waals surface area (Å²) in [7, 11) is 0. The summed E-state index contributed by atoms with van der Waals surface area (Å²) < 4.78 is 0. The van der Waals surface area contributed by atoms with Crippen LogP contribution in [0, 0.1) is 31.6 Å². The van der Waals surface area contributed by atoms with Crippen molar-refractivity contribution in [3.05, 3.63) is 60.5 Å². The Bertz CT molecular complexity index is 1740. The van der Waals surface area contributed by atoms with Crippen LogP contribution in [-0.2, 0) is 32.0 Å². The first-order valence-electron chi connectivity index (χ1n) is 15.2. The maximum atomic E-state index is 12.7. The number of carboxylic acid groups (broad SMARTS) is 2. The zero-order chi connectivity index (χ0) is 32.6. The molecule has 1 unspecified atom stereocenters. The smallest absolute Gasteiger partial charge is 0.307 e. The number of hydrogen-bond acceptors (Lipinski definition) is 6. The summed E-state index contributed by atoms with van der Waals surface area (Å²) in [5.74, 6) is -0.488. The molecule has 240 valence electrons. The molecule has 2 aromatic heterocycles. The van der Waals surface area contributed by atoms with E-state index in [1.54, 1.807) is 17.8 Å². The first-order chi connectivity index (χ1) is 21.4. The molecule has 3 fully saturated rings. The lowest BCUT2D eigenvalue weighted by molar-refractivity contribution is -0.137. The molecule has 4 atom stereocenters. The van der Waals surface area contributed by atoms with Crippen molar-refractivity contribution < 1.29 is 29.4 Å². The highest BCUT2D eigenvalue weighted by molar-refractivity contribution is 8.11. The monoisotopic (exact) mass is 652 g/mol. The molecule has 10 nitrogen and oxygen atoms in total. The molecule has 0 saturated carbocycles. The molecule has 3 aliphatic rings. The number of amides is 2. The highest BCUT2D eigenvalue weighted by Crippen LogP contribution is 2.43. The largest absolute Gasteiger partial charge is 0.481 e. The topological polar surface area (TPSA) is 164 Å². The summed E-state index contributed by atoms with van der Waals surface area (Å²) in [5, 5.41) is 26.5. The van der Waals surface area contributed by atoms with Crippen molar-refractivity contribution in [1.82, 2.24) is 20.6 Å². The number of H-pyrrole nitrogens is 2. The van der Waals surface area contributed by atoms with Crippen molar-refractivity contribution >= 4 is 66.4 Å². The van der Waals surface area contributed by atoms with Gasteiger partial charge in [0.2, 0.25) is 11.8 Å². The van der Waals surface area contributed by atoms with Crippen molar-refractivity contribution in [1.29, 1.82) is 0 Å². The van der Waals surface area contributed by atoms with Crippen molar-refractivity contribution in [3.63, 3.8) is 0 Å². The minimum atomic E-state index is -0.951. The summed E-state index contributed by atoms with van der Waals surface area (Å²) in [5.41, 5.74) is 6.68. The van der Waals surface area contributed by atoms with E-state index in [0.717, 1.165) is 61.6 Å². The third kappa shape index (κ3) is 6.96. The fourth-order valence-corrected chi connectivity index (χ4v) is 7.49. The summed E-state index contributed by atoms with van der Waals surface area (Å²) in [6.07, 6.45) is 6.88. The quantitative estimate of drug-likeness (QED) is 0.111. The molecule has 2 aromatic rings. The van der Waals surface area contributed by atoms with Gasteiger partial charge in [-0.1, -0.05) is 19.9 Å². The predicted octanol–water partition coefficient (Wildman–Crippen LogP) is 2.78. The van der Waals surface area contributed by atoms with E-state index < -0.39 is 11.9 Å². The molecule has 3 aliphatic heterocycles. The second kappa shape index (κ2) is 13.4. The van der Waals surface area contributed by atoms with Crippen LogP contribution >= 0.6 is 24.4 Å². The lowest BCUT2D eigenvalue weighted by Gasteiger charge is -2.14. The summed E-state index contributed by atoms with van der Waals surface area (Å²) in [4.78, 5) is 56.4. The number of thioether (sulfide) groups is 1. The molecule has 3 saturated heterocycles. The van der Waals surface area contributed by atoms with Crippen molar-refractivity contribution in [2.75, 3.05) is 11.5 Å². The molecule has 0 bridgehead atoms. The summed E-state index contributed by atoms with van der Waals surface area (Å²) in [6.45, 7) is 7.85. The van der Waals surface area contributed by atoms with Gasteiger partial charge in [-0.3, -0.25) is 19.2 Å². The number of thiol groups is 1. The van der Waals surface area contributed by atoms with Crippen molar-refractivity contribution in [2.24, 2.45) is 17.8 Å². The number of nitrogens with one attached hydrogen (secondary N) is 4. The Kier molecular flexibility index (Phi) is 9.74. The predicted molar refractivity (Wildman–Crippen MR) is 178 cm³/mol. The molecule has 5 rings (SSSR count). The van der Waals surface area contributed by atoms with Crippen LogP contribution in [0.15, 0.2) is 16.2 Å². The number of carboxylic acids is 2. The van der Waals surface area contributed by atoms with E-state index in [-0.39, 0.29) is 54.9 Å². The fourth-order valence-electron chi connectivity index (χ4n) is 6.55. The maximum absolute atomic E-state index is 12.7. The minimum Gasteiger partial charge on any atom is -0.481 e. The second-order valence-corrected chi connectivity index (χ2v) is 13.7. The zero-order valence-electron chi connectivity index (χ0n) is 25.9. The fraction of sp³-hybridized carbons (Fsp3) is 0.455. The molecular formula is C33H40N4O6S2. The standard InChI is InChI=1S/C33H40N4O6S2/c1-15-19(5-7-29(38)39)25(34-22(15)11-24-18(4)31(28-14-45-28)33(43)36-24)13-26-20(6-8-30(40)41)16(2)23(35-26)12-27-21(9-10-44)17(3)32(42)37-27/h5,12-13,17-18,21,24,34-35,44H,6-11,14H2,1-4H3,(H,36,43)(H,37,42)(H,38,39)(H,40,41)/b19-5+,25-13-,27-12-,31-28+/t17-,18?,21-,24-/m1/s1. The molecule has 0 aromatic carbocycles. The van der Waals surface area contributed by atoms with E-state index in [0.29, 0.717) is 23.2 Å². The minimum absolute atomic E-state index is 0.00609. The molecule has 45 heavy (non-hydrogen) atoms. The lowest BCUT2D eigenvalue weighted by Crippen LogP contribution is -2.30. The van der Waals surface area contributed by atoms with E-state index in [4.69, 9.17) is 0 Å². The van der Waals surface area contributed by atoms with Gasteiger partial charge in [-0.2, -0.15) is 12.6 Å². The number of carbonyl (C=O) groups excluding carboxylic acids is 2. The SMILES string of the molecule is Cc1c(/C=C2\NC(=O)[C@H](C)[C@H]2CCS)[nH]c(/C=c2\[nH]c(C[C@H]3NC(=O)/C(=C4\CS4)C3C)c(C)\c2=C/CC(=O)O)c1CCC(=O)O. The second-order valence-electron chi connectivity index (χ2n) is 12.1. The Hall–Kier alpha value is -3.64. The van der Waals surface area contributed by atoms with E-state index in [1.165, 1.54) is 0 Å². The number of hydrogen-bond donors (Lipinski definition) is 7. The first kappa shape index (κ1) is 32.7. The molecule has 0 spiro atoms. The van der Waals surface area contributed by atoms with Gasteiger partial charge >= 0.3 is 11.9 Å².